The number of carbonyl (C=O) groups excluding carboxylic acids is 1. The lowest BCUT2D eigenvalue weighted by atomic mass is 10.1. The van der Waals surface area contributed by atoms with E-state index >= 15 is 0 Å². The molecule has 3 nitrogen and oxygen atoms in total. The van der Waals surface area contributed by atoms with Crippen molar-refractivity contribution in [2.24, 2.45) is 0 Å². The fraction of sp³-hybridized carbons (Fsp3) is 0.500. The summed E-state index contributed by atoms with van der Waals surface area (Å²) in [6, 6.07) is 6.52. The van der Waals surface area contributed by atoms with E-state index in [4.69, 9.17) is 0 Å². The van der Waals surface area contributed by atoms with Crippen molar-refractivity contribution in [1.29, 1.82) is 0 Å². The third kappa shape index (κ3) is 2.75. The van der Waals surface area contributed by atoms with Crippen LogP contribution in [0.5, 0.6) is 0 Å². The molecule has 2 unspecified atom stereocenters. The van der Waals surface area contributed by atoms with E-state index in [2.05, 4.69) is 35.1 Å². The topological polar surface area (TPSA) is 32.3 Å². The second kappa shape index (κ2) is 5.41. The van der Waals surface area contributed by atoms with Crippen LogP contribution in [0.2, 0.25) is 0 Å². The Morgan fingerprint density at radius 1 is 1.33 bits per heavy atom. The van der Waals surface area contributed by atoms with Crippen molar-refractivity contribution < 1.29 is 4.79 Å². The Morgan fingerprint density at radius 2 is 1.94 bits per heavy atom. The lowest BCUT2D eigenvalue weighted by Gasteiger charge is -2.36. The van der Waals surface area contributed by atoms with Crippen molar-refractivity contribution >= 4 is 21.8 Å². The van der Waals surface area contributed by atoms with Crippen LogP contribution in [0.15, 0.2) is 22.7 Å². The van der Waals surface area contributed by atoms with E-state index in [9.17, 15) is 4.79 Å². The van der Waals surface area contributed by atoms with Gasteiger partial charge < -0.3 is 10.2 Å². The molecule has 0 aromatic heterocycles. The summed E-state index contributed by atoms with van der Waals surface area (Å²) < 4.78 is 0.911. The van der Waals surface area contributed by atoms with Gasteiger partial charge in [0.25, 0.3) is 5.91 Å². The van der Waals surface area contributed by atoms with Gasteiger partial charge in [0.15, 0.2) is 0 Å². The Bertz CT molecular complexity index is 451. The van der Waals surface area contributed by atoms with E-state index in [1.807, 2.05) is 30.0 Å². The maximum absolute atomic E-state index is 12.5. The van der Waals surface area contributed by atoms with Gasteiger partial charge in [0.1, 0.15) is 0 Å². The number of amides is 1. The maximum atomic E-state index is 12.5. The van der Waals surface area contributed by atoms with Crippen LogP contribution in [0.1, 0.15) is 29.8 Å². The first-order valence-corrected chi connectivity index (χ1v) is 7.08. The molecule has 1 aliphatic rings. The average Bonchev–Trinajstić information content (AvgIpc) is 2.30. The van der Waals surface area contributed by atoms with E-state index in [0.717, 1.165) is 28.7 Å². The van der Waals surface area contributed by atoms with E-state index in [0.29, 0.717) is 12.1 Å². The number of hydrogen-bond donors (Lipinski definition) is 1. The van der Waals surface area contributed by atoms with Gasteiger partial charge in [-0.15, -0.1) is 0 Å². The van der Waals surface area contributed by atoms with Crippen LogP contribution in [0.4, 0.5) is 0 Å². The minimum Gasteiger partial charge on any atom is -0.336 e. The van der Waals surface area contributed by atoms with Crippen molar-refractivity contribution in [2.75, 3.05) is 13.1 Å². The first-order chi connectivity index (χ1) is 8.49. The number of aryl methyl sites for hydroxylation is 1. The molecule has 1 aromatic rings. The van der Waals surface area contributed by atoms with Gasteiger partial charge in [-0.3, -0.25) is 4.79 Å². The second-order valence-corrected chi connectivity index (χ2v) is 5.91. The highest BCUT2D eigenvalue weighted by Crippen LogP contribution is 2.23. The quantitative estimate of drug-likeness (QED) is 0.864. The summed E-state index contributed by atoms with van der Waals surface area (Å²) in [5.74, 6) is 0.116. The number of piperazine rings is 1. The van der Waals surface area contributed by atoms with Crippen LogP contribution in [-0.2, 0) is 0 Å². The fourth-order valence-corrected chi connectivity index (χ4v) is 2.91. The first kappa shape index (κ1) is 13.6. The standard InChI is InChI=1S/C14H19BrN2O/c1-9-5-4-6-12(13(9)15)14(18)17-7-10(2)16-11(3)8-17/h4-6,10-11,16H,7-8H2,1-3H3. The molecular formula is C14H19BrN2O. The molecule has 2 rings (SSSR count). The molecule has 2 atom stereocenters. The summed E-state index contributed by atoms with van der Waals surface area (Å²) in [6.07, 6.45) is 0. The summed E-state index contributed by atoms with van der Waals surface area (Å²) in [7, 11) is 0. The minimum atomic E-state index is 0.116. The summed E-state index contributed by atoms with van der Waals surface area (Å²) in [5.41, 5.74) is 1.85. The zero-order chi connectivity index (χ0) is 13.3. The van der Waals surface area contributed by atoms with Crippen LogP contribution in [0, 0.1) is 6.92 Å². The molecular weight excluding hydrogens is 292 g/mol. The molecule has 18 heavy (non-hydrogen) atoms. The lowest BCUT2D eigenvalue weighted by molar-refractivity contribution is 0.0673. The van der Waals surface area contributed by atoms with Crippen molar-refractivity contribution in [3.63, 3.8) is 0 Å². The monoisotopic (exact) mass is 310 g/mol. The number of nitrogens with one attached hydrogen (secondary N) is 1. The normalized spacial score (nSPS) is 24.1. The summed E-state index contributed by atoms with van der Waals surface area (Å²) in [6.45, 7) is 7.76. The van der Waals surface area contributed by atoms with Gasteiger partial charge >= 0.3 is 0 Å². The molecule has 0 bridgehead atoms. The van der Waals surface area contributed by atoms with Gasteiger partial charge in [-0.05, 0) is 48.3 Å². The molecule has 0 aliphatic carbocycles. The van der Waals surface area contributed by atoms with Crippen LogP contribution in [0.3, 0.4) is 0 Å². The zero-order valence-corrected chi connectivity index (χ0v) is 12.6. The molecule has 0 saturated carbocycles. The molecule has 1 N–H and O–H groups in total. The van der Waals surface area contributed by atoms with Gasteiger partial charge in [-0.2, -0.15) is 0 Å². The molecule has 0 spiro atoms. The van der Waals surface area contributed by atoms with Crippen LogP contribution in [-0.4, -0.2) is 36.0 Å². The summed E-state index contributed by atoms with van der Waals surface area (Å²) >= 11 is 3.51. The van der Waals surface area contributed by atoms with Gasteiger partial charge in [-0.25, -0.2) is 0 Å². The summed E-state index contributed by atoms with van der Waals surface area (Å²) in [5, 5.41) is 3.44. The Labute approximate surface area is 117 Å². The number of rotatable bonds is 1. The number of halogens is 1. The van der Waals surface area contributed by atoms with Crippen LogP contribution in [0.25, 0.3) is 0 Å². The second-order valence-electron chi connectivity index (χ2n) is 5.12. The zero-order valence-electron chi connectivity index (χ0n) is 11.0. The highest BCUT2D eigenvalue weighted by atomic mass is 79.9. The Hall–Kier alpha value is -0.870. The number of carbonyl (C=O) groups is 1. The third-order valence-corrected chi connectivity index (χ3v) is 4.32. The molecule has 1 fully saturated rings. The van der Waals surface area contributed by atoms with Crippen LogP contribution < -0.4 is 5.32 Å². The maximum Gasteiger partial charge on any atom is 0.255 e. The van der Waals surface area contributed by atoms with E-state index < -0.39 is 0 Å². The van der Waals surface area contributed by atoms with Crippen molar-refractivity contribution in [3.8, 4) is 0 Å². The van der Waals surface area contributed by atoms with Crippen molar-refractivity contribution in [1.82, 2.24) is 10.2 Å². The van der Waals surface area contributed by atoms with Crippen LogP contribution >= 0.6 is 15.9 Å². The van der Waals surface area contributed by atoms with E-state index in [-0.39, 0.29) is 5.91 Å². The number of hydrogen-bond acceptors (Lipinski definition) is 2. The van der Waals surface area contributed by atoms with Gasteiger partial charge in [-0.1, -0.05) is 12.1 Å². The average molecular weight is 311 g/mol. The van der Waals surface area contributed by atoms with Gasteiger partial charge in [0, 0.05) is 29.6 Å². The van der Waals surface area contributed by atoms with Crippen molar-refractivity contribution in [3.05, 3.63) is 33.8 Å². The molecule has 1 aliphatic heterocycles. The summed E-state index contributed by atoms with van der Waals surface area (Å²) in [4.78, 5) is 14.5. The number of nitrogens with zero attached hydrogens (tertiary/aromatic N) is 1. The number of benzene rings is 1. The Kier molecular flexibility index (Phi) is 4.07. The third-order valence-electron chi connectivity index (χ3n) is 3.27. The van der Waals surface area contributed by atoms with Gasteiger partial charge in [0.05, 0.1) is 5.56 Å². The predicted octanol–water partition coefficient (Wildman–Crippen LogP) is 2.58. The van der Waals surface area contributed by atoms with E-state index in [1.165, 1.54) is 0 Å². The highest BCUT2D eigenvalue weighted by molar-refractivity contribution is 9.10. The molecule has 98 valence electrons. The Morgan fingerprint density at radius 3 is 2.56 bits per heavy atom. The smallest absolute Gasteiger partial charge is 0.255 e. The first-order valence-electron chi connectivity index (χ1n) is 6.29. The largest absolute Gasteiger partial charge is 0.336 e. The van der Waals surface area contributed by atoms with Gasteiger partial charge in [0.2, 0.25) is 0 Å². The predicted molar refractivity (Wildman–Crippen MR) is 76.8 cm³/mol. The molecule has 0 radical (unpaired) electrons. The SMILES string of the molecule is Cc1cccc(C(=O)N2CC(C)NC(C)C2)c1Br. The lowest BCUT2D eigenvalue weighted by Crippen LogP contribution is -2.55. The fourth-order valence-electron chi connectivity index (χ4n) is 2.48. The Balaban J connectivity index is 2.23. The molecule has 1 aromatic carbocycles. The molecule has 1 heterocycles. The van der Waals surface area contributed by atoms with E-state index in [1.54, 1.807) is 0 Å². The molecule has 1 saturated heterocycles. The molecule has 4 heteroatoms. The van der Waals surface area contributed by atoms with Crippen molar-refractivity contribution in [2.45, 2.75) is 32.9 Å². The molecule has 1 amide bonds. The highest BCUT2D eigenvalue weighted by Gasteiger charge is 2.26. The minimum absolute atomic E-state index is 0.116.